The van der Waals surface area contributed by atoms with Gasteiger partial charge in [0.05, 0.1) is 0 Å². The third kappa shape index (κ3) is 8.09. The van der Waals surface area contributed by atoms with Crippen molar-refractivity contribution in [3.63, 3.8) is 0 Å². The van der Waals surface area contributed by atoms with Gasteiger partial charge in [-0.2, -0.15) is 0 Å². The van der Waals surface area contributed by atoms with Crippen molar-refractivity contribution < 1.29 is 4.79 Å². The second-order valence-electron chi connectivity index (χ2n) is 4.07. The van der Waals surface area contributed by atoms with Crippen LogP contribution in [0.1, 0.15) is 65.7 Å². The quantitative estimate of drug-likeness (QED) is 0.597. The molecule has 0 aliphatic rings. The molecule has 0 heterocycles. The zero-order valence-corrected chi connectivity index (χ0v) is 9.94. The first kappa shape index (κ1) is 13.5. The predicted molar refractivity (Wildman–Crippen MR) is 61.3 cm³/mol. The Labute approximate surface area is 88.5 Å². The lowest BCUT2D eigenvalue weighted by Crippen LogP contribution is -2.32. The Balaban J connectivity index is 3.35. The predicted octanol–water partition coefficient (Wildman–Crippen LogP) is 3.26. The van der Waals surface area contributed by atoms with Crippen LogP contribution >= 0.6 is 0 Å². The highest BCUT2D eigenvalue weighted by Crippen LogP contribution is 2.03. The first-order valence-electron chi connectivity index (χ1n) is 6.00. The Morgan fingerprint density at radius 1 is 1.14 bits per heavy atom. The molecule has 0 aromatic heterocycles. The van der Waals surface area contributed by atoms with Crippen LogP contribution in [-0.2, 0) is 4.79 Å². The fraction of sp³-hybridized carbons (Fsp3) is 0.917. The third-order valence-electron chi connectivity index (χ3n) is 2.39. The summed E-state index contributed by atoms with van der Waals surface area (Å²) in [6.45, 7) is 6.40. The van der Waals surface area contributed by atoms with Crippen LogP contribution in [0.25, 0.3) is 0 Å². The van der Waals surface area contributed by atoms with Crippen molar-refractivity contribution in [3.05, 3.63) is 0 Å². The molecule has 0 radical (unpaired) electrons. The first-order chi connectivity index (χ1) is 6.70. The molecule has 14 heavy (non-hydrogen) atoms. The maximum Gasteiger partial charge on any atom is 0.220 e. The van der Waals surface area contributed by atoms with Gasteiger partial charge in [-0.15, -0.1) is 0 Å². The number of carbonyl (C=O) groups excluding carboxylic acids is 1. The molecule has 0 bridgehead atoms. The van der Waals surface area contributed by atoms with Crippen molar-refractivity contribution in [1.82, 2.24) is 5.32 Å². The molecule has 2 nitrogen and oxygen atoms in total. The fourth-order valence-electron chi connectivity index (χ4n) is 1.56. The molecule has 1 N–H and O–H groups in total. The second-order valence-corrected chi connectivity index (χ2v) is 4.07. The van der Waals surface area contributed by atoms with Gasteiger partial charge in [0.1, 0.15) is 0 Å². The summed E-state index contributed by atoms with van der Waals surface area (Å²) in [4.78, 5) is 11.4. The minimum absolute atomic E-state index is 0.224. The van der Waals surface area contributed by atoms with Gasteiger partial charge in [-0.3, -0.25) is 4.79 Å². The summed E-state index contributed by atoms with van der Waals surface area (Å²) in [7, 11) is 0. The molecule has 0 spiro atoms. The van der Waals surface area contributed by atoms with Crippen LogP contribution in [0.2, 0.25) is 0 Å². The highest BCUT2D eigenvalue weighted by Gasteiger charge is 2.05. The van der Waals surface area contributed by atoms with Gasteiger partial charge >= 0.3 is 0 Å². The summed E-state index contributed by atoms with van der Waals surface area (Å²) in [5.41, 5.74) is 0. The lowest BCUT2D eigenvalue weighted by molar-refractivity contribution is -0.121. The van der Waals surface area contributed by atoms with E-state index in [1.54, 1.807) is 0 Å². The molecule has 0 fully saturated rings. The molecule has 84 valence electrons. The van der Waals surface area contributed by atoms with Gasteiger partial charge in [-0.05, 0) is 19.8 Å². The van der Waals surface area contributed by atoms with Gasteiger partial charge < -0.3 is 5.32 Å². The van der Waals surface area contributed by atoms with E-state index in [4.69, 9.17) is 0 Å². The zero-order valence-electron chi connectivity index (χ0n) is 9.94. The topological polar surface area (TPSA) is 29.1 Å². The van der Waals surface area contributed by atoms with E-state index >= 15 is 0 Å². The van der Waals surface area contributed by atoms with Crippen molar-refractivity contribution in [2.75, 3.05) is 0 Å². The van der Waals surface area contributed by atoms with Gasteiger partial charge in [0, 0.05) is 12.5 Å². The van der Waals surface area contributed by atoms with Crippen LogP contribution in [0.15, 0.2) is 0 Å². The molecule has 1 amide bonds. The van der Waals surface area contributed by atoms with Crippen LogP contribution in [0, 0.1) is 0 Å². The number of carbonyl (C=O) groups is 1. The van der Waals surface area contributed by atoms with Gasteiger partial charge in [0.2, 0.25) is 5.91 Å². The van der Waals surface area contributed by atoms with E-state index in [0.717, 1.165) is 19.3 Å². The van der Waals surface area contributed by atoms with E-state index < -0.39 is 0 Å². The van der Waals surface area contributed by atoms with Crippen LogP contribution in [0.5, 0.6) is 0 Å². The van der Waals surface area contributed by atoms with Crippen LogP contribution in [0.3, 0.4) is 0 Å². The summed E-state index contributed by atoms with van der Waals surface area (Å²) >= 11 is 0. The fourth-order valence-corrected chi connectivity index (χ4v) is 1.56. The average molecular weight is 199 g/mol. The highest BCUT2D eigenvalue weighted by atomic mass is 16.1. The Morgan fingerprint density at radius 2 is 1.86 bits per heavy atom. The minimum Gasteiger partial charge on any atom is -0.354 e. The van der Waals surface area contributed by atoms with Gasteiger partial charge in [0.15, 0.2) is 0 Å². The lowest BCUT2D eigenvalue weighted by Gasteiger charge is -2.12. The minimum atomic E-state index is 0.224. The number of hydrogen-bond donors (Lipinski definition) is 1. The Hall–Kier alpha value is -0.530. The van der Waals surface area contributed by atoms with Crippen molar-refractivity contribution in [2.24, 2.45) is 0 Å². The molecule has 0 saturated carbocycles. The van der Waals surface area contributed by atoms with E-state index in [0.29, 0.717) is 12.5 Å². The normalized spacial score (nSPS) is 12.5. The average Bonchev–Trinajstić information content (AvgIpc) is 2.13. The zero-order chi connectivity index (χ0) is 10.8. The largest absolute Gasteiger partial charge is 0.354 e. The van der Waals surface area contributed by atoms with Crippen LogP contribution in [0.4, 0.5) is 0 Å². The molecule has 0 aromatic carbocycles. The molecule has 0 aliphatic heterocycles. The Morgan fingerprint density at radius 3 is 2.43 bits per heavy atom. The third-order valence-corrected chi connectivity index (χ3v) is 2.39. The Bertz CT molecular complexity index is 145. The second kappa shape index (κ2) is 9.04. The van der Waals surface area contributed by atoms with E-state index in [1.807, 2.05) is 0 Å². The summed E-state index contributed by atoms with van der Waals surface area (Å²) in [6.07, 6.45) is 7.63. The first-order valence-corrected chi connectivity index (χ1v) is 6.00. The number of rotatable bonds is 8. The molecule has 0 aromatic rings. The molecule has 0 saturated heterocycles. The van der Waals surface area contributed by atoms with Gasteiger partial charge in [-0.25, -0.2) is 0 Å². The van der Waals surface area contributed by atoms with Crippen LogP contribution in [-0.4, -0.2) is 11.9 Å². The summed E-state index contributed by atoms with van der Waals surface area (Å²) in [6, 6.07) is 0.346. The van der Waals surface area contributed by atoms with E-state index in [1.165, 1.54) is 19.3 Å². The summed E-state index contributed by atoms with van der Waals surface area (Å²) in [5.74, 6) is 0.224. The van der Waals surface area contributed by atoms with E-state index in [-0.39, 0.29) is 5.91 Å². The monoisotopic (exact) mass is 199 g/mol. The highest BCUT2D eigenvalue weighted by molar-refractivity contribution is 5.76. The summed E-state index contributed by atoms with van der Waals surface area (Å²) in [5, 5.41) is 3.02. The smallest absolute Gasteiger partial charge is 0.220 e. The number of hydrogen-bond acceptors (Lipinski definition) is 1. The molecule has 1 unspecified atom stereocenters. The van der Waals surface area contributed by atoms with Crippen molar-refractivity contribution in [3.8, 4) is 0 Å². The Kier molecular flexibility index (Phi) is 8.70. The number of amides is 1. The van der Waals surface area contributed by atoms with Crippen LogP contribution < -0.4 is 5.32 Å². The lowest BCUT2D eigenvalue weighted by atomic mass is 10.1. The molecular formula is C12H25NO. The maximum atomic E-state index is 11.4. The number of unbranched alkanes of at least 4 members (excludes halogenated alkanes) is 3. The maximum absolute atomic E-state index is 11.4. The molecule has 2 heteroatoms. The molecule has 0 rings (SSSR count). The molecule has 1 atom stereocenters. The van der Waals surface area contributed by atoms with Crippen molar-refractivity contribution in [2.45, 2.75) is 71.8 Å². The van der Waals surface area contributed by atoms with E-state index in [9.17, 15) is 4.79 Å². The number of nitrogens with one attached hydrogen (secondary N) is 1. The van der Waals surface area contributed by atoms with Gasteiger partial charge in [-0.1, -0.05) is 39.5 Å². The molecule has 0 aliphatic carbocycles. The van der Waals surface area contributed by atoms with Crippen molar-refractivity contribution in [1.29, 1.82) is 0 Å². The van der Waals surface area contributed by atoms with E-state index in [2.05, 4.69) is 26.1 Å². The van der Waals surface area contributed by atoms with Gasteiger partial charge in [0.25, 0.3) is 0 Å². The summed E-state index contributed by atoms with van der Waals surface area (Å²) < 4.78 is 0. The van der Waals surface area contributed by atoms with Crippen molar-refractivity contribution >= 4 is 5.91 Å². The standard InChI is InChI=1S/C12H25NO/c1-4-6-7-8-10-12(14)13-11(3)9-5-2/h11H,4-10H2,1-3H3,(H,13,14). The molecular weight excluding hydrogens is 174 g/mol. The SMILES string of the molecule is CCCCCCC(=O)NC(C)CCC.